The van der Waals surface area contributed by atoms with Crippen LogP contribution in [0.3, 0.4) is 0 Å². The van der Waals surface area contributed by atoms with Gasteiger partial charge in [0, 0.05) is 5.03 Å². The summed E-state index contributed by atoms with van der Waals surface area (Å²) in [6.45, 7) is 2.08. The van der Waals surface area contributed by atoms with E-state index in [0.29, 0.717) is 0 Å². The van der Waals surface area contributed by atoms with Crippen LogP contribution in [-0.4, -0.2) is 0 Å². The number of halogens is 1. The van der Waals surface area contributed by atoms with Crippen LogP contribution in [0.15, 0.2) is 53.1 Å². The summed E-state index contributed by atoms with van der Waals surface area (Å²) in [7, 11) is 0. The average Bonchev–Trinajstić information content (AvgIpc) is 2.96. The molecule has 0 radical (unpaired) electrons. The Balaban J connectivity index is 1.59. The molecule has 1 heteroatoms. The summed E-state index contributed by atoms with van der Waals surface area (Å²) >= 11 is 6.29. The van der Waals surface area contributed by atoms with Gasteiger partial charge >= 0.3 is 0 Å². The molecule has 0 heterocycles. The molecule has 2 aliphatic carbocycles. The molecule has 1 aromatic carbocycles. The van der Waals surface area contributed by atoms with Crippen molar-refractivity contribution in [3.63, 3.8) is 0 Å². The smallest absolute Gasteiger partial charge is 0.0218 e. The zero-order chi connectivity index (χ0) is 12.5. The minimum absolute atomic E-state index is 0.761. The zero-order valence-electron chi connectivity index (χ0n) is 10.8. The maximum Gasteiger partial charge on any atom is 0.0218 e. The van der Waals surface area contributed by atoms with E-state index in [1.807, 2.05) is 0 Å². The zero-order valence-corrected chi connectivity index (χ0v) is 11.5. The molecule has 0 bridgehead atoms. The highest BCUT2D eigenvalue weighted by Gasteiger charge is 2.54. The predicted molar refractivity (Wildman–Crippen MR) is 77.5 cm³/mol. The van der Waals surface area contributed by atoms with E-state index >= 15 is 0 Å². The van der Waals surface area contributed by atoms with Crippen LogP contribution in [-0.2, 0) is 6.42 Å². The van der Waals surface area contributed by atoms with Gasteiger partial charge in [-0.15, -0.1) is 0 Å². The fourth-order valence-electron chi connectivity index (χ4n) is 3.44. The second kappa shape index (κ2) is 4.93. The highest BCUT2D eigenvalue weighted by molar-refractivity contribution is 6.30. The van der Waals surface area contributed by atoms with Crippen LogP contribution in [0.4, 0.5) is 0 Å². The molecule has 18 heavy (non-hydrogen) atoms. The molecule has 0 aliphatic heterocycles. The van der Waals surface area contributed by atoms with Crippen LogP contribution in [0.25, 0.3) is 0 Å². The number of hydrogen-bond acceptors (Lipinski definition) is 0. The molecule has 1 aromatic rings. The lowest BCUT2D eigenvalue weighted by Crippen LogP contribution is -1.93. The van der Waals surface area contributed by atoms with E-state index in [0.717, 1.165) is 29.2 Å². The van der Waals surface area contributed by atoms with Gasteiger partial charge in [0.25, 0.3) is 0 Å². The van der Waals surface area contributed by atoms with Gasteiger partial charge in [-0.3, -0.25) is 0 Å². The van der Waals surface area contributed by atoms with E-state index in [-0.39, 0.29) is 0 Å². The van der Waals surface area contributed by atoms with E-state index in [2.05, 4.69) is 49.4 Å². The van der Waals surface area contributed by atoms with Crippen LogP contribution < -0.4 is 0 Å². The Morgan fingerprint density at radius 1 is 1.28 bits per heavy atom. The van der Waals surface area contributed by atoms with Crippen molar-refractivity contribution in [2.24, 2.45) is 17.8 Å². The fourth-order valence-corrected chi connectivity index (χ4v) is 3.81. The van der Waals surface area contributed by atoms with Crippen LogP contribution in [0.5, 0.6) is 0 Å². The number of benzene rings is 1. The molecule has 1 saturated carbocycles. The first-order valence-electron chi connectivity index (χ1n) is 6.86. The third kappa shape index (κ3) is 2.14. The molecule has 0 spiro atoms. The lowest BCUT2D eigenvalue weighted by Gasteiger charge is -2.06. The largest absolute Gasteiger partial charge is 0.0888 e. The van der Waals surface area contributed by atoms with E-state index < -0.39 is 0 Å². The molecule has 0 N–H and O–H groups in total. The molecule has 0 amide bonds. The predicted octanol–water partition coefficient (Wildman–Crippen LogP) is 4.95. The number of allylic oxidation sites excluding steroid dienone is 4. The molecule has 94 valence electrons. The van der Waals surface area contributed by atoms with Gasteiger partial charge in [0.15, 0.2) is 0 Å². The third-order valence-corrected chi connectivity index (χ3v) is 4.75. The summed E-state index contributed by atoms with van der Waals surface area (Å²) in [5.41, 5.74) is 2.88. The first-order chi connectivity index (χ1) is 8.81. The Hall–Kier alpha value is -1.01. The maximum atomic E-state index is 6.29. The second-order valence-electron chi connectivity index (χ2n) is 5.44. The second-order valence-corrected chi connectivity index (χ2v) is 5.90. The number of fused-ring (bicyclic) bond motifs is 1. The summed E-state index contributed by atoms with van der Waals surface area (Å²) in [5, 5.41) is 1.11. The van der Waals surface area contributed by atoms with Crippen LogP contribution in [0.1, 0.15) is 25.3 Å². The number of rotatable bonds is 4. The Kier molecular flexibility index (Phi) is 3.30. The van der Waals surface area contributed by atoms with Crippen molar-refractivity contribution in [3.8, 4) is 0 Å². The monoisotopic (exact) mass is 258 g/mol. The summed E-state index contributed by atoms with van der Waals surface area (Å²) in [6.07, 6.45) is 7.97. The van der Waals surface area contributed by atoms with Crippen molar-refractivity contribution in [2.75, 3.05) is 0 Å². The molecule has 0 saturated heterocycles. The Morgan fingerprint density at radius 3 is 2.78 bits per heavy atom. The van der Waals surface area contributed by atoms with Crippen LogP contribution >= 0.6 is 11.6 Å². The molecule has 3 atom stereocenters. The van der Waals surface area contributed by atoms with Gasteiger partial charge in [0.1, 0.15) is 0 Å². The lowest BCUT2D eigenvalue weighted by atomic mass is 10.0. The third-order valence-electron chi connectivity index (χ3n) is 4.37. The van der Waals surface area contributed by atoms with Crippen molar-refractivity contribution < 1.29 is 0 Å². The minimum atomic E-state index is 0.761. The Morgan fingerprint density at radius 2 is 2.06 bits per heavy atom. The highest BCUT2D eigenvalue weighted by Crippen LogP contribution is 2.62. The summed E-state index contributed by atoms with van der Waals surface area (Å²) < 4.78 is 0. The topological polar surface area (TPSA) is 0 Å². The van der Waals surface area contributed by atoms with Crippen molar-refractivity contribution in [3.05, 3.63) is 58.7 Å². The molecule has 0 nitrogen and oxygen atoms in total. The van der Waals surface area contributed by atoms with Crippen molar-refractivity contribution in [2.45, 2.75) is 26.2 Å². The minimum Gasteiger partial charge on any atom is -0.0888 e. The molecular formula is C17H19Cl. The van der Waals surface area contributed by atoms with Crippen LogP contribution in [0, 0.1) is 17.8 Å². The van der Waals surface area contributed by atoms with Gasteiger partial charge in [0.2, 0.25) is 0 Å². The van der Waals surface area contributed by atoms with Crippen molar-refractivity contribution in [1.82, 2.24) is 0 Å². The molecule has 0 aromatic heterocycles. The van der Waals surface area contributed by atoms with Gasteiger partial charge in [-0.1, -0.05) is 54.1 Å². The van der Waals surface area contributed by atoms with Gasteiger partial charge in [-0.25, -0.2) is 0 Å². The van der Waals surface area contributed by atoms with Crippen molar-refractivity contribution >= 4 is 11.6 Å². The van der Waals surface area contributed by atoms with E-state index in [4.69, 9.17) is 11.6 Å². The Bertz CT molecular complexity index is 484. The SMILES string of the molecule is C/C=C/C1=C(Cl)C[C@@H]2C(CCc3ccccc3)[C@H]12. The standard InChI is InChI=1S/C17H19Cl/c1-2-6-14-16(18)11-15-13(17(14)15)10-9-12-7-4-3-5-8-12/h2-8,13,15,17H,9-11H2,1H3/b6-2+/t13?,15-,17-/m1/s1. The van der Waals surface area contributed by atoms with Crippen LogP contribution in [0.2, 0.25) is 0 Å². The van der Waals surface area contributed by atoms with Gasteiger partial charge < -0.3 is 0 Å². The quantitative estimate of drug-likeness (QED) is 0.717. The normalized spacial score (nSPS) is 30.0. The fraction of sp³-hybridized carbons (Fsp3) is 0.412. The number of hydrogen-bond donors (Lipinski definition) is 0. The van der Waals surface area contributed by atoms with Gasteiger partial charge in [-0.05, 0) is 55.1 Å². The number of aryl methyl sites for hydroxylation is 1. The summed E-state index contributed by atoms with van der Waals surface area (Å²) in [5.74, 6) is 2.48. The summed E-state index contributed by atoms with van der Waals surface area (Å²) in [4.78, 5) is 0. The highest BCUT2D eigenvalue weighted by atomic mass is 35.5. The summed E-state index contributed by atoms with van der Waals surface area (Å²) in [6, 6.07) is 10.8. The average molecular weight is 259 g/mol. The molecular weight excluding hydrogens is 240 g/mol. The lowest BCUT2D eigenvalue weighted by molar-refractivity contribution is 0.634. The van der Waals surface area contributed by atoms with E-state index in [1.54, 1.807) is 0 Å². The first-order valence-corrected chi connectivity index (χ1v) is 7.24. The Labute approximate surface area is 114 Å². The maximum absolute atomic E-state index is 6.29. The van der Waals surface area contributed by atoms with E-state index in [1.165, 1.54) is 24.0 Å². The first kappa shape index (κ1) is 12.0. The van der Waals surface area contributed by atoms with Gasteiger partial charge in [0.05, 0.1) is 0 Å². The molecule has 1 unspecified atom stereocenters. The van der Waals surface area contributed by atoms with Gasteiger partial charge in [-0.2, -0.15) is 0 Å². The van der Waals surface area contributed by atoms with Crippen molar-refractivity contribution in [1.29, 1.82) is 0 Å². The molecule has 1 fully saturated rings. The molecule has 3 rings (SSSR count). The van der Waals surface area contributed by atoms with E-state index in [9.17, 15) is 0 Å². The molecule has 2 aliphatic rings.